The highest BCUT2D eigenvalue weighted by Gasteiger charge is 2.12. The minimum atomic E-state index is -0.273. The van der Waals surface area contributed by atoms with Crippen LogP contribution in [0.1, 0.15) is 18.8 Å². The number of methoxy groups -OCH3 is 1. The monoisotopic (exact) mass is 236 g/mol. The molecule has 6 nitrogen and oxygen atoms in total. The Hall–Kier alpha value is -1.66. The number of fused-ring (bicyclic) bond motifs is 1. The lowest BCUT2D eigenvalue weighted by Gasteiger charge is -2.05. The van der Waals surface area contributed by atoms with Crippen LogP contribution >= 0.6 is 0 Å². The molecule has 0 aliphatic carbocycles. The van der Waals surface area contributed by atoms with Gasteiger partial charge in [0.05, 0.1) is 24.8 Å². The van der Waals surface area contributed by atoms with Gasteiger partial charge in [-0.15, -0.1) is 0 Å². The van der Waals surface area contributed by atoms with Crippen molar-refractivity contribution in [1.29, 1.82) is 0 Å². The average Bonchev–Trinajstić information content (AvgIpc) is 2.73. The number of H-pyrrole nitrogens is 1. The maximum Gasteiger partial charge on any atom is 0.215 e. The van der Waals surface area contributed by atoms with E-state index in [2.05, 4.69) is 15.0 Å². The van der Waals surface area contributed by atoms with Gasteiger partial charge < -0.3 is 20.2 Å². The first-order chi connectivity index (χ1) is 8.24. The second kappa shape index (κ2) is 5.11. The van der Waals surface area contributed by atoms with Crippen molar-refractivity contribution in [2.24, 2.45) is 5.73 Å². The highest BCUT2D eigenvalue weighted by molar-refractivity contribution is 5.71. The summed E-state index contributed by atoms with van der Waals surface area (Å²) in [6, 6.07) is 3.41. The predicted octanol–water partition coefficient (Wildman–Crippen LogP) is 1.00. The maximum atomic E-state index is 5.89. The number of hydrogen-bond donors (Lipinski definition) is 2. The first kappa shape index (κ1) is 11.8. The van der Waals surface area contributed by atoms with Gasteiger partial charge in [0.1, 0.15) is 5.82 Å². The Morgan fingerprint density at radius 3 is 2.94 bits per heavy atom. The Kier molecular flexibility index (Phi) is 3.55. The van der Waals surface area contributed by atoms with Crippen molar-refractivity contribution in [2.75, 3.05) is 20.3 Å². The summed E-state index contributed by atoms with van der Waals surface area (Å²) in [6.45, 7) is 2.91. The largest absolute Gasteiger partial charge is 0.478 e. The van der Waals surface area contributed by atoms with E-state index >= 15 is 0 Å². The molecule has 2 rings (SSSR count). The number of imidazole rings is 1. The molecule has 0 aliphatic heterocycles. The van der Waals surface area contributed by atoms with Gasteiger partial charge in [-0.25, -0.2) is 4.98 Å². The predicted molar refractivity (Wildman–Crippen MR) is 63.9 cm³/mol. The van der Waals surface area contributed by atoms with Crippen LogP contribution in [-0.4, -0.2) is 35.3 Å². The summed E-state index contributed by atoms with van der Waals surface area (Å²) in [4.78, 5) is 11.7. The zero-order valence-corrected chi connectivity index (χ0v) is 9.93. The molecule has 17 heavy (non-hydrogen) atoms. The van der Waals surface area contributed by atoms with Gasteiger partial charge in [-0.3, -0.25) is 0 Å². The number of hydrogen-bond acceptors (Lipinski definition) is 5. The lowest BCUT2D eigenvalue weighted by atomic mass is 10.3. The van der Waals surface area contributed by atoms with E-state index in [9.17, 15) is 0 Å². The molecule has 0 amide bonds. The molecule has 92 valence electrons. The SMILES string of the molecule is CCOc1ccc2[nH]c(C(N)COC)nc2n1. The van der Waals surface area contributed by atoms with Gasteiger partial charge >= 0.3 is 0 Å². The van der Waals surface area contributed by atoms with Gasteiger partial charge in [0, 0.05) is 13.2 Å². The van der Waals surface area contributed by atoms with Crippen LogP contribution < -0.4 is 10.5 Å². The Morgan fingerprint density at radius 2 is 2.24 bits per heavy atom. The summed E-state index contributed by atoms with van der Waals surface area (Å²) in [5, 5.41) is 0. The van der Waals surface area contributed by atoms with Gasteiger partial charge in [-0.2, -0.15) is 4.98 Å². The van der Waals surface area contributed by atoms with Crippen molar-refractivity contribution in [3.8, 4) is 5.88 Å². The molecule has 0 saturated heterocycles. The molecule has 2 heterocycles. The van der Waals surface area contributed by atoms with Crippen LogP contribution in [0.15, 0.2) is 12.1 Å². The van der Waals surface area contributed by atoms with E-state index < -0.39 is 0 Å². The normalized spacial score (nSPS) is 12.9. The van der Waals surface area contributed by atoms with E-state index in [1.54, 1.807) is 13.2 Å². The van der Waals surface area contributed by atoms with Crippen LogP contribution in [0.2, 0.25) is 0 Å². The first-order valence-corrected chi connectivity index (χ1v) is 5.48. The van der Waals surface area contributed by atoms with Crippen molar-refractivity contribution in [3.63, 3.8) is 0 Å². The molecule has 2 aromatic heterocycles. The molecular formula is C11H16N4O2. The zero-order chi connectivity index (χ0) is 12.3. The molecule has 2 aromatic rings. The average molecular weight is 236 g/mol. The molecule has 3 N–H and O–H groups in total. The number of nitrogens with one attached hydrogen (secondary N) is 1. The van der Waals surface area contributed by atoms with E-state index in [1.807, 2.05) is 13.0 Å². The minimum Gasteiger partial charge on any atom is -0.478 e. The van der Waals surface area contributed by atoms with E-state index in [1.165, 1.54) is 0 Å². The fourth-order valence-electron chi connectivity index (χ4n) is 1.56. The number of pyridine rings is 1. The lowest BCUT2D eigenvalue weighted by molar-refractivity contribution is 0.178. The van der Waals surface area contributed by atoms with Crippen LogP contribution in [0.4, 0.5) is 0 Å². The fraction of sp³-hybridized carbons (Fsp3) is 0.455. The van der Waals surface area contributed by atoms with Crippen LogP contribution in [0, 0.1) is 0 Å². The summed E-state index contributed by atoms with van der Waals surface area (Å²) in [7, 11) is 1.61. The van der Waals surface area contributed by atoms with Crippen LogP contribution in [0.25, 0.3) is 11.2 Å². The van der Waals surface area contributed by atoms with Crippen molar-refractivity contribution < 1.29 is 9.47 Å². The van der Waals surface area contributed by atoms with Crippen LogP contribution in [-0.2, 0) is 4.74 Å². The Labute approximate surface area is 99.2 Å². The van der Waals surface area contributed by atoms with Crippen molar-refractivity contribution in [3.05, 3.63) is 18.0 Å². The summed E-state index contributed by atoms with van der Waals surface area (Å²) in [5.74, 6) is 1.24. The Morgan fingerprint density at radius 1 is 1.41 bits per heavy atom. The molecular weight excluding hydrogens is 220 g/mol. The molecule has 0 radical (unpaired) electrons. The number of nitrogens with two attached hydrogens (primary N) is 1. The fourth-order valence-corrected chi connectivity index (χ4v) is 1.56. The van der Waals surface area contributed by atoms with Gasteiger partial charge in [-0.1, -0.05) is 0 Å². The molecule has 0 fully saturated rings. The van der Waals surface area contributed by atoms with Gasteiger partial charge in [0.15, 0.2) is 5.65 Å². The zero-order valence-electron chi connectivity index (χ0n) is 9.93. The lowest BCUT2D eigenvalue weighted by Crippen LogP contribution is -2.17. The highest BCUT2D eigenvalue weighted by atomic mass is 16.5. The van der Waals surface area contributed by atoms with Crippen LogP contribution in [0.3, 0.4) is 0 Å². The third-order valence-electron chi connectivity index (χ3n) is 2.33. The Balaban J connectivity index is 2.30. The maximum absolute atomic E-state index is 5.89. The molecule has 0 saturated carbocycles. The molecule has 0 aliphatic rings. The summed E-state index contributed by atoms with van der Waals surface area (Å²) in [5.41, 5.74) is 7.34. The third kappa shape index (κ3) is 2.54. The molecule has 0 aromatic carbocycles. The Bertz CT molecular complexity index is 497. The van der Waals surface area contributed by atoms with Gasteiger partial charge in [0.2, 0.25) is 5.88 Å². The van der Waals surface area contributed by atoms with E-state index in [4.69, 9.17) is 15.2 Å². The number of ether oxygens (including phenoxy) is 2. The number of aromatic amines is 1. The molecule has 1 unspecified atom stereocenters. The third-order valence-corrected chi connectivity index (χ3v) is 2.33. The highest BCUT2D eigenvalue weighted by Crippen LogP contribution is 2.17. The first-order valence-electron chi connectivity index (χ1n) is 5.48. The topological polar surface area (TPSA) is 86.0 Å². The van der Waals surface area contributed by atoms with Crippen LogP contribution in [0.5, 0.6) is 5.88 Å². The molecule has 6 heteroatoms. The summed E-state index contributed by atoms with van der Waals surface area (Å²) in [6.07, 6.45) is 0. The minimum absolute atomic E-state index is 0.273. The second-order valence-corrected chi connectivity index (χ2v) is 3.64. The standard InChI is InChI=1S/C11H16N4O2/c1-3-17-9-5-4-8-11(14-9)15-10(13-8)7(12)6-16-2/h4-5,7H,3,6,12H2,1-2H3,(H,13,14,15). The van der Waals surface area contributed by atoms with Crippen molar-refractivity contribution in [2.45, 2.75) is 13.0 Å². The molecule has 0 bridgehead atoms. The smallest absolute Gasteiger partial charge is 0.215 e. The van der Waals surface area contributed by atoms with Gasteiger partial charge in [0.25, 0.3) is 0 Å². The van der Waals surface area contributed by atoms with E-state index in [0.717, 1.165) is 5.52 Å². The summed E-state index contributed by atoms with van der Waals surface area (Å²) >= 11 is 0. The summed E-state index contributed by atoms with van der Waals surface area (Å²) < 4.78 is 10.3. The molecule has 1 atom stereocenters. The van der Waals surface area contributed by atoms with E-state index in [0.29, 0.717) is 30.6 Å². The molecule has 0 spiro atoms. The number of nitrogens with zero attached hydrogens (tertiary/aromatic N) is 2. The van der Waals surface area contributed by atoms with Gasteiger partial charge in [-0.05, 0) is 13.0 Å². The quantitative estimate of drug-likeness (QED) is 0.808. The second-order valence-electron chi connectivity index (χ2n) is 3.64. The van der Waals surface area contributed by atoms with E-state index in [-0.39, 0.29) is 6.04 Å². The number of aromatic nitrogens is 3. The van der Waals surface area contributed by atoms with Crippen molar-refractivity contribution in [1.82, 2.24) is 15.0 Å². The number of rotatable bonds is 5. The van der Waals surface area contributed by atoms with Crippen molar-refractivity contribution >= 4 is 11.2 Å².